The predicted octanol–water partition coefficient (Wildman–Crippen LogP) is 3.68. The van der Waals surface area contributed by atoms with Crippen molar-refractivity contribution in [3.63, 3.8) is 0 Å². The van der Waals surface area contributed by atoms with Gasteiger partial charge in [0.05, 0.1) is 28.8 Å². The number of nitrogens with zero attached hydrogens (tertiary/aromatic N) is 8. The molecule has 10 nitrogen and oxygen atoms in total. The molecule has 0 saturated carbocycles. The van der Waals surface area contributed by atoms with Gasteiger partial charge < -0.3 is 10.6 Å². The Kier molecular flexibility index (Phi) is 5.61. The van der Waals surface area contributed by atoms with Gasteiger partial charge in [0.25, 0.3) is 5.56 Å². The van der Waals surface area contributed by atoms with Gasteiger partial charge in [0.2, 0.25) is 0 Å². The highest BCUT2D eigenvalue weighted by Crippen LogP contribution is 2.38. The quantitative estimate of drug-likeness (QED) is 0.393. The minimum Gasteiger partial charge on any atom is -0.382 e. The molecular weight excluding hydrogens is 478 g/mol. The van der Waals surface area contributed by atoms with Crippen molar-refractivity contribution in [1.82, 2.24) is 29.3 Å². The van der Waals surface area contributed by atoms with Crippen molar-refractivity contribution < 1.29 is 0 Å². The monoisotopic (exact) mass is 503 g/mol. The lowest BCUT2D eigenvalue weighted by molar-refractivity contribution is 0.632. The molecule has 10 heteroatoms. The maximum atomic E-state index is 14.5. The molecule has 38 heavy (non-hydrogen) atoms. The van der Waals surface area contributed by atoms with Gasteiger partial charge >= 0.3 is 0 Å². The summed E-state index contributed by atoms with van der Waals surface area (Å²) >= 11 is 0. The molecule has 0 spiro atoms. The van der Waals surface area contributed by atoms with Crippen LogP contribution in [0.15, 0.2) is 66.0 Å². The van der Waals surface area contributed by atoms with Crippen LogP contribution in [-0.4, -0.2) is 35.8 Å². The normalized spacial score (nSPS) is 15.2. The van der Waals surface area contributed by atoms with Crippen molar-refractivity contribution in [2.75, 3.05) is 17.2 Å². The van der Waals surface area contributed by atoms with Gasteiger partial charge in [0, 0.05) is 25.4 Å². The largest absolute Gasteiger partial charge is 0.382 e. The third-order valence-corrected chi connectivity index (χ3v) is 7.09. The molecule has 1 aliphatic rings. The van der Waals surface area contributed by atoms with Crippen LogP contribution >= 0.6 is 0 Å². The number of aryl methyl sites for hydroxylation is 2. The fourth-order valence-electron chi connectivity index (χ4n) is 5.32. The molecule has 1 saturated heterocycles. The highest BCUT2D eigenvalue weighted by atomic mass is 16.1. The fraction of sp³-hybridized carbons (Fsp3) is 0.214. The van der Waals surface area contributed by atoms with Crippen molar-refractivity contribution in [3.8, 4) is 22.9 Å². The van der Waals surface area contributed by atoms with Gasteiger partial charge in [0.15, 0.2) is 5.82 Å². The molecule has 1 unspecified atom stereocenters. The number of benzene rings is 2. The van der Waals surface area contributed by atoms with Crippen LogP contribution in [0, 0.1) is 18.3 Å². The second-order valence-electron chi connectivity index (χ2n) is 9.42. The summed E-state index contributed by atoms with van der Waals surface area (Å²) in [5.41, 5.74) is 10.0. The summed E-state index contributed by atoms with van der Waals surface area (Å²) in [5, 5.41) is 14.6. The number of anilines is 2. The minimum absolute atomic E-state index is 0.132. The summed E-state index contributed by atoms with van der Waals surface area (Å²) in [6.07, 6.45) is 6.59. The Labute approximate surface area is 218 Å². The van der Waals surface area contributed by atoms with Crippen LogP contribution in [0.1, 0.15) is 35.8 Å². The first-order valence-electron chi connectivity index (χ1n) is 12.4. The smallest absolute Gasteiger partial charge is 0.266 e. The summed E-state index contributed by atoms with van der Waals surface area (Å²) < 4.78 is 3.43. The van der Waals surface area contributed by atoms with Crippen LogP contribution in [0.4, 0.5) is 11.6 Å². The van der Waals surface area contributed by atoms with Crippen LogP contribution in [0.25, 0.3) is 27.7 Å². The number of aromatic nitrogens is 6. The first kappa shape index (κ1) is 23.4. The number of hydrogen-bond donors (Lipinski definition) is 1. The van der Waals surface area contributed by atoms with E-state index in [0.717, 1.165) is 35.2 Å². The lowest BCUT2D eigenvalue weighted by Gasteiger charge is -2.28. The second-order valence-corrected chi connectivity index (χ2v) is 9.42. The van der Waals surface area contributed by atoms with E-state index in [9.17, 15) is 10.1 Å². The summed E-state index contributed by atoms with van der Waals surface area (Å²) in [6.45, 7) is 2.63. The molecule has 0 aliphatic carbocycles. The molecule has 0 radical (unpaired) electrons. The third kappa shape index (κ3) is 3.67. The maximum absolute atomic E-state index is 14.5. The Hall–Kier alpha value is -5.04. The van der Waals surface area contributed by atoms with E-state index in [1.54, 1.807) is 15.4 Å². The molecule has 3 aromatic heterocycles. The Bertz CT molecular complexity index is 1800. The molecule has 6 rings (SSSR count). The van der Waals surface area contributed by atoms with E-state index >= 15 is 0 Å². The molecule has 2 aromatic carbocycles. The van der Waals surface area contributed by atoms with Gasteiger partial charge in [-0.1, -0.05) is 30.3 Å². The molecule has 2 N–H and O–H groups in total. The van der Waals surface area contributed by atoms with E-state index in [4.69, 9.17) is 10.7 Å². The molecule has 1 atom stereocenters. The van der Waals surface area contributed by atoms with E-state index in [1.807, 2.05) is 67.5 Å². The van der Waals surface area contributed by atoms with E-state index < -0.39 is 0 Å². The number of rotatable bonds is 4. The van der Waals surface area contributed by atoms with Crippen molar-refractivity contribution in [2.24, 2.45) is 7.05 Å². The molecule has 0 amide bonds. The number of nitriles is 1. The van der Waals surface area contributed by atoms with Gasteiger partial charge in [-0.25, -0.2) is 15.0 Å². The van der Waals surface area contributed by atoms with Crippen molar-refractivity contribution >= 4 is 22.5 Å². The van der Waals surface area contributed by atoms with E-state index in [-0.39, 0.29) is 23.0 Å². The van der Waals surface area contributed by atoms with Gasteiger partial charge in [-0.3, -0.25) is 14.0 Å². The predicted molar refractivity (Wildman–Crippen MR) is 145 cm³/mol. The van der Waals surface area contributed by atoms with E-state index in [1.165, 1.54) is 6.33 Å². The topological polar surface area (TPSA) is 132 Å². The van der Waals surface area contributed by atoms with Gasteiger partial charge in [-0.15, -0.1) is 0 Å². The summed E-state index contributed by atoms with van der Waals surface area (Å²) in [7, 11) is 1.85. The van der Waals surface area contributed by atoms with Crippen LogP contribution in [0.3, 0.4) is 0 Å². The number of hydrogen-bond acceptors (Lipinski definition) is 8. The maximum Gasteiger partial charge on any atom is 0.266 e. The zero-order valence-electron chi connectivity index (χ0n) is 21.0. The van der Waals surface area contributed by atoms with Crippen LogP contribution in [0.2, 0.25) is 0 Å². The zero-order chi connectivity index (χ0) is 26.4. The van der Waals surface area contributed by atoms with Crippen molar-refractivity contribution in [2.45, 2.75) is 25.8 Å². The highest BCUT2D eigenvalue weighted by Gasteiger charge is 2.34. The summed E-state index contributed by atoms with van der Waals surface area (Å²) in [4.78, 5) is 30.0. The molecule has 1 fully saturated rings. The Morgan fingerprint density at radius 3 is 2.74 bits per heavy atom. The minimum atomic E-state index is -0.296. The van der Waals surface area contributed by atoms with E-state index in [0.29, 0.717) is 29.1 Å². The average molecular weight is 504 g/mol. The van der Waals surface area contributed by atoms with Crippen LogP contribution < -0.4 is 16.2 Å². The zero-order valence-corrected chi connectivity index (χ0v) is 21.0. The van der Waals surface area contributed by atoms with Gasteiger partial charge in [0.1, 0.15) is 29.6 Å². The fourth-order valence-corrected chi connectivity index (χ4v) is 5.32. The molecule has 5 aromatic rings. The first-order valence-corrected chi connectivity index (χ1v) is 12.4. The first-order chi connectivity index (χ1) is 18.5. The average Bonchev–Trinajstić information content (AvgIpc) is 3.58. The SMILES string of the molecule is Cc1ccccc1-n1c(C2CCCN2c2ncnc(N)c2C#N)nc2cccc(-c3cnn(C)c3)c2c1=O. The van der Waals surface area contributed by atoms with Crippen LogP contribution in [-0.2, 0) is 7.05 Å². The molecule has 1 aliphatic heterocycles. The second kappa shape index (κ2) is 9.12. The van der Waals surface area contributed by atoms with Crippen LogP contribution in [0.5, 0.6) is 0 Å². The molecule has 4 heterocycles. The summed E-state index contributed by atoms with van der Waals surface area (Å²) in [5.74, 6) is 1.18. The Balaban J connectivity index is 1.65. The lowest BCUT2D eigenvalue weighted by atomic mass is 10.0. The third-order valence-electron chi connectivity index (χ3n) is 7.09. The van der Waals surface area contributed by atoms with Gasteiger partial charge in [-0.2, -0.15) is 10.4 Å². The Morgan fingerprint density at radius 1 is 1.13 bits per heavy atom. The molecule has 188 valence electrons. The van der Waals surface area contributed by atoms with Crippen molar-refractivity contribution in [3.05, 3.63) is 88.5 Å². The van der Waals surface area contributed by atoms with E-state index in [2.05, 4.69) is 21.1 Å². The lowest BCUT2D eigenvalue weighted by Crippen LogP contribution is -2.33. The highest BCUT2D eigenvalue weighted by molar-refractivity contribution is 5.94. The number of para-hydroxylation sites is 1. The molecular formula is C28H25N9O. The standard InChI is InChI=1S/C28H25N9O/c1-17-7-3-4-10-22(17)37-27(23-11-6-12-36(23)26-20(13-29)25(30)31-16-32-26)34-21-9-5-8-19(24(21)28(37)38)18-14-33-35(2)15-18/h3-5,7-10,14-16,23H,6,11-12H2,1-2H3,(H2,30,31,32). The van der Waals surface area contributed by atoms with Crippen molar-refractivity contribution in [1.29, 1.82) is 5.26 Å². The number of fused-ring (bicyclic) bond motifs is 1. The molecule has 0 bridgehead atoms. The number of nitrogen functional groups attached to an aromatic ring is 1. The van der Waals surface area contributed by atoms with Gasteiger partial charge in [-0.05, 0) is 43.0 Å². The summed E-state index contributed by atoms with van der Waals surface area (Å²) in [6, 6.07) is 15.3. The Morgan fingerprint density at radius 2 is 1.97 bits per heavy atom. The number of nitrogens with two attached hydrogens (primary N) is 1.